The molecular formula is C19H19N3O5S. The Morgan fingerprint density at radius 3 is 2.36 bits per heavy atom. The molecule has 0 radical (unpaired) electrons. The van der Waals surface area contributed by atoms with Crippen molar-refractivity contribution >= 4 is 27.6 Å². The third-order valence-electron chi connectivity index (χ3n) is 3.78. The Morgan fingerprint density at radius 2 is 1.79 bits per heavy atom. The maximum atomic E-state index is 12.3. The van der Waals surface area contributed by atoms with Crippen LogP contribution in [0.1, 0.15) is 22.8 Å². The molecule has 2 rings (SSSR count). The lowest BCUT2D eigenvalue weighted by Gasteiger charge is -2.15. The molecule has 0 aliphatic carbocycles. The molecule has 0 spiro atoms. The zero-order valence-corrected chi connectivity index (χ0v) is 16.4. The minimum absolute atomic E-state index is 0.0148. The second-order valence-electron chi connectivity index (χ2n) is 6.04. The number of nitrogens with one attached hydrogen (secondary N) is 1. The fourth-order valence-electron chi connectivity index (χ4n) is 2.15. The van der Waals surface area contributed by atoms with Crippen LogP contribution in [-0.4, -0.2) is 44.8 Å². The number of esters is 1. The minimum atomic E-state index is -3.70. The molecule has 0 saturated heterocycles. The third kappa shape index (κ3) is 4.94. The normalized spacial score (nSPS) is 12.1. The van der Waals surface area contributed by atoms with Crippen molar-refractivity contribution in [1.82, 2.24) is 4.31 Å². The number of hydrogen-bond donors (Lipinski definition) is 1. The van der Waals surface area contributed by atoms with Crippen molar-refractivity contribution < 1.29 is 22.7 Å². The van der Waals surface area contributed by atoms with E-state index in [4.69, 9.17) is 10.00 Å². The van der Waals surface area contributed by atoms with Gasteiger partial charge in [-0.3, -0.25) is 4.79 Å². The van der Waals surface area contributed by atoms with Gasteiger partial charge >= 0.3 is 5.97 Å². The van der Waals surface area contributed by atoms with E-state index in [9.17, 15) is 18.0 Å². The number of anilines is 1. The van der Waals surface area contributed by atoms with Gasteiger partial charge < -0.3 is 10.1 Å². The van der Waals surface area contributed by atoms with Gasteiger partial charge in [0.2, 0.25) is 10.0 Å². The highest BCUT2D eigenvalue weighted by atomic mass is 32.2. The smallest absolute Gasteiger partial charge is 0.338 e. The Labute approximate surface area is 163 Å². The number of carbonyl (C=O) groups excluding carboxylic acids is 2. The summed E-state index contributed by atoms with van der Waals surface area (Å²) in [5, 5.41) is 11.3. The minimum Gasteiger partial charge on any atom is -0.449 e. The molecule has 0 aliphatic heterocycles. The Balaban J connectivity index is 2.07. The van der Waals surface area contributed by atoms with Crippen LogP contribution >= 0.6 is 0 Å². The van der Waals surface area contributed by atoms with Gasteiger partial charge in [-0.15, -0.1) is 0 Å². The summed E-state index contributed by atoms with van der Waals surface area (Å²) in [6.45, 7) is 1.40. The summed E-state index contributed by atoms with van der Waals surface area (Å²) in [7, 11) is -0.931. The van der Waals surface area contributed by atoms with Crippen molar-refractivity contribution in [3.8, 4) is 6.07 Å². The molecule has 9 heteroatoms. The summed E-state index contributed by atoms with van der Waals surface area (Å²) in [4.78, 5) is 24.4. The van der Waals surface area contributed by atoms with Crippen molar-refractivity contribution in [2.45, 2.75) is 17.9 Å². The number of rotatable bonds is 6. The Hall–Kier alpha value is -3.22. The number of carbonyl (C=O) groups is 2. The number of hydrogen-bond acceptors (Lipinski definition) is 6. The van der Waals surface area contributed by atoms with Gasteiger partial charge in [-0.05, 0) is 49.4 Å². The first-order chi connectivity index (χ1) is 13.1. The van der Waals surface area contributed by atoms with Gasteiger partial charge in [-0.25, -0.2) is 17.5 Å². The second-order valence-corrected chi connectivity index (χ2v) is 8.19. The Bertz CT molecular complexity index is 1020. The Kier molecular flexibility index (Phi) is 6.51. The molecule has 0 fully saturated rings. The lowest BCUT2D eigenvalue weighted by atomic mass is 10.2. The van der Waals surface area contributed by atoms with E-state index in [0.29, 0.717) is 11.3 Å². The predicted octanol–water partition coefficient (Wildman–Crippen LogP) is 1.99. The van der Waals surface area contributed by atoms with E-state index in [1.54, 1.807) is 24.3 Å². The molecule has 0 aliphatic rings. The molecule has 0 unspecified atom stereocenters. The van der Waals surface area contributed by atoms with Crippen molar-refractivity contribution in [2.75, 3.05) is 19.4 Å². The van der Waals surface area contributed by atoms with Crippen LogP contribution in [0.25, 0.3) is 0 Å². The Morgan fingerprint density at radius 1 is 1.14 bits per heavy atom. The molecule has 1 atom stereocenters. The van der Waals surface area contributed by atoms with Crippen molar-refractivity contribution in [3.05, 3.63) is 59.7 Å². The molecule has 0 heterocycles. The summed E-state index contributed by atoms with van der Waals surface area (Å²) >= 11 is 0. The molecule has 0 bridgehead atoms. The largest absolute Gasteiger partial charge is 0.449 e. The van der Waals surface area contributed by atoms with E-state index < -0.39 is 28.0 Å². The van der Waals surface area contributed by atoms with Gasteiger partial charge in [-0.2, -0.15) is 5.26 Å². The summed E-state index contributed by atoms with van der Waals surface area (Å²) < 4.78 is 30.5. The standard InChI is InChI=1S/C19H19N3O5S/c1-13(18(23)21-16-9-7-14(12-20)8-10-16)27-19(24)15-5-4-6-17(11-15)28(25,26)22(2)3/h4-11,13H,1-3H3,(H,21,23)/t13-/m1/s1. The van der Waals surface area contributed by atoms with Crippen molar-refractivity contribution in [1.29, 1.82) is 5.26 Å². The van der Waals surface area contributed by atoms with Gasteiger partial charge in [0.1, 0.15) is 0 Å². The molecule has 2 aromatic rings. The van der Waals surface area contributed by atoms with E-state index in [1.807, 2.05) is 6.07 Å². The monoisotopic (exact) mass is 401 g/mol. The first-order valence-corrected chi connectivity index (χ1v) is 9.63. The van der Waals surface area contributed by atoms with Crippen molar-refractivity contribution in [3.63, 3.8) is 0 Å². The first-order valence-electron chi connectivity index (χ1n) is 8.19. The lowest BCUT2D eigenvalue weighted by Crippen LogP contribution is -2.30. The summed E-state index contributed by atoms with van der Waals surface area (Å²) in [6.07, 6.45) is -1.11. The van der Waals surface area contributed by atoms with Gasteiger partial charge in [-0.1, -0.05) is 6.07 Å². The maximum absolute atomic E-state index is 12.3. The molecule has 0 aromatic heterocycles. The van der Waals surface area contributed by atoms with Crippen LogP contribution in [0.3, 0.4) is 0 Å². The fourth-order valence-corrected chi connectivity index (χ4v) is 3.10. The van der Waals surface area contributed by atoms with E-state index in [2.05, 4.69) is 5.32 Å². The number of amides is 1. The molecule has 1 N–H and O–H groups in total. The SMILES string of the molecule is C[C@@H](OC(=O)c1cccc(S(=O)(=O)N(C)C)c1)C(=O)Nc1ccc(C#N)cc1. The average molecular weight is 401 g/mol. The molecule has 0 saturated carbocycles. The fraction of sp³-hybridized carbons (Fsp3) is 0.211. The highest BCUT2D eigenvalue weighted by molar-refractivity contribution is 7.89. The molecule has 1 amide bonds. The number of ether oxygens (including phenoxy) is 1. The van der Waals surface area contributed by atoms with Crippen LogP contribution in [0.4, 0.5) is 5.69 Å². The molecule has 2 aromatic carbocycles. The first kappa shape index (κ1) is 21.1. The van der Waals surface area contributed by atoms with Crippen LogP contribution in [-0.2, 0) is 19.6 Å². The van der Waals surface area contributed by atoms with E-state index in [1.165, 1.54) is 45.3 Å². The number of sulfonamides is 1. The molecular weight excluding hydrogens is 382 g/mol. The molecule has 28 heavy (non-hydrogen) atoms. The lowest BCUT2D eigenvalue weighted by molar-refractivity contribution is -0.123. The highest BCUT2D eigenvalue weighted by Crippen LogP contribution is 2.16. The van der Waals surface area contributed by atoms with E-state index >= 15 is 0 Å². The summed E-state index contributed by atoms with van der Waals surface area (Å²) in [5.74, 6) is -1.38. The summed E-state index contributed by atoms with van der Waals surface area (Å²) in [6, 6.07) is 13.6. The predicted molar refractivity (Wildman–Crippen MR) is 102 cm³/mol. The molecule has 8 nitrogen and oxygen atoms in total. The van der Waals surface area contributed by atoms with Crippen LogP contribution in [0.5, 0.6) is 0 Å². The van der Waals surface area contributed by atoms with Crippen LogP contribution in [0.15, 0.2) is 53.4 Å². The van der Waals surface area contributed by atoms with Gasteiger partial charge in [0, 0.05) is 19.8 Å². The van der Waals surface area contributed by atoms with Gasteiger partial charge in [0.25, 0.3) is 5.91 Å². The molecule has 146 valence electrons. The topological polar surface area (TPSA) is 117 Å². The maximum Gasteiger partial charge on any atom is 0.338 e. The second kappa shape index (κ2) is 8.65. The van der Waals surface area contributed by atoms with Crippen LogP contribution in [0.2, 0.25) is 0 Å². The van der Waals surface area contributed by atoms with E-state index in [0.717, 1.165) is 4.31 Å². The van der Waals surface area contributed by atoms with Gasteiger partial charge in [0.05, 0.1) is 22.1 Å². The average Bonchev–Trinajstić information content (AvgIpc) is 2.68. The highest BCUT2D eigenvalue weighted by Gasteiger charge is 2.22. The van der Waals surface area contributed by atoms with Crippen LogP contribution in [0, 0.1) is 11.3 Å². The number of benzene rings is 2. The number of nitriles is 1. The zero-order chi connectivity index (χ0) is 20.9. The quantitative estimate of drug-likeness (QED) is 0.740. The van der Waals surface area contributed by atoms with Crippen LogP contribution < -0.4 is 5.32 Å². The number of nitrogens with zero attached hydrogens (tertiary/aromatic N) is 2. The van der Waals surface area contributed by atoms with E-state index in [-0.39, 0.29) is 10.5 Å². The summed E-state index contributed by atoms with van der Waals surface area (Å²) in [5.41, 5.74) is 0.914. The van der Waals surface area contributed by atoms with Gasteiger partial charge in [0.15, 0.2) is 6.10 Å². The third-order valence-corrected chi connectivity index (χ3v) is 5.59. The zero-order valence-electron chi connectivity index (χ0n) is 15.5. The van der Waals surface area contributed by atoms with Crippen molar-refractivity contribution in [2.24, 2.45) is 0 Å².